The summed E-state index contributed by atoms with van der Waals surface area (Å²) in [5, 5.41) is 24.5. The van der Waals surface area contributed by atoms with E-state index in [1.54, 1.807) is 35.5 Å². The molecule has 2 aromatic heterocycles. The fourth-order valence-electron chi connectivity index (χ4n) is 1.72. The van der Waals surface area contributed by atoms with E-state index in [4.69, 9.17) is 0 Å². The van der Waals surface area contributed by atoms with Crippen molar-refractivity contribution in [3.63, 3.8) is 0 Å². The first-order valence-corrected chi connectivity index (χ1v) is 7.25. The summed E-state index contributed by atoms with van der Waals surface area (Å²) in [7, 11) is 3.53. The monoisotopic (exact) mass is 293 g/mol. The van der Waals surface area contributed by atoms with Gasteiger partial charge in [0.05, 0.1) is 12.3 Å². The van der Waals surface area contributed by atoms with E-state index in [0.717, 1.165) is 5.56 Å². The van der Waals surface area contributed by atoms with Crippen LogP contribution in [0.1, 0.15) is 17.2 Å². The van der Waals surface area contributed by atoms with Gasteiger partial charge in [-0.15, -0.1) is 0 Å². The average molecular weight is 293 g/mol. The first-order valence-electron chi connectivity index (χ1n) is 6.31. The number of guanidine groups is 1. The van der Waals surface area contributed by atoms with E-state index in [1.807, 2.05) is 12.4 Å². The van der Waals surface area contributed by atoms with Crippen LogP contribution >= 0.6 is 11.3 Å². The molecule has 0 spiro atoms. The van der Waals surface area contributed by atoms with Crippen LogP contribution in [-0.4, -0.2) is 34.4 Å². The van der Waals surface area contributed by atoms with Gasteiger partial charge in [-0.2, -0.15) is 16.4 Å². The van der Waals surface area contributed by atoms with Crippen LogP contribution in [0.4, 0.5) is 0 Å². The van der Waals surface area contributed by atoms with Gasteiger partial charge >= 0.3 is 0 Å². The third-order valence-corrected chi connectivity index (χ3v) is 3.57. The molecule has 2 aromatic rings. The zero-order chi connectivity index (χ0) is 14.4. The predicted molar refractivity (Wildman–Crippen MR) is 80.7 cm³/mol. The van der Waals surface area contributed by atoms with Crippen molar-refractivity contribution >= 4 is 17.3 Å². The van der Waals surface area contributed by atoms with Gasteiger partial charge in [0.1, 0.15) is 0 Å². The van der Waals surface area contributed by atoms with Crippen LogP contribution in [0.15, 0.2) is 34.2 Å². The molecule has 0 aliphatic rings. The summed E-state index contributed by atoms with van der Waals surface area (Å²) in [5.41, 5.74) is 2.00. The number of rotatable bonds is 5. The second-order valence-electron chi connectivity index (χ2n) is 4.40. The Kier molecular flexibility index (Phi) is 5.14. The summed E-state index contributed by atoms with van der Waals surface area (Å²) in [4.78, 5) is 4.12. The number of hydrogen-bond acceptors (Lipinski definition) is 4. The quantitative estimate of drug-likeness (QED) is 0.565. The number of nitrogens with one attached hydrogen (secondary N) is 2. The molecule has 2 rings (SSSR count). The van der Waals surface area contributed by atoms with Gasteiger partial charge in [0.15, 0.2) is 5.96 Å². The van der Waals surface area contributed by atoms with Crippen molar-refractivity contribution in [3.8, 4) is 0 Å². The number of aliphatic hydroxyl groups excluding tert-OH is 1. The van der Waals surface area contributed by atoms with E-state index in [2.05, 4.69) is 32.2 Å². The Balaban J connectivity index is 1.79. The van der Waals surface area contributed by atoms with E-state index < -0.39 is 6.10 Å². The van der Waals surface area contributed by atoms with Crippen molar-refractivity contribution in [3.05, 3.63) is 40.3 Å². The lowest BCUT2D eigenvalue weighted by atomic mass is 10.2. The van der Waals surface area contributed by atoms with Crippen molar-refractivity contribution in [1.82, 2.24) is 20.4 Å². The van der Waals surface area contributed by atoms with Gasteiger partial charge in [-0.25, -0.2) is 0 Å². The lowest BCUT2D eigenvalue weighted by molar-refractivity contribution is 0.180. The summed E-state index contributed by atoms with van der Waals surface area (Å²) in [6, 6.07) is 2.06. The van der Waals surface area contributed by atoms with E-state index in [9.17, 15) is 5.11 Å². The highest BCUT2D eigenvalue weighted by molar-refractivity contribution is 7.07. The molecule has 6 nitrogen and oxygen atoms in total. The maximum absolute atomic E-state index is 10.0. The molecular weight excluding hydrogens is 274 g/mol. The number of aromatic nitrogens is 2. The highest BCUT2D eigenvalue weighted by atomic mass is 32.1. The fraction of sp³-hybridized carbons (Fsp3) is 0.385. The van der Waals surface area contributed by atoms with Gasteiger partial charge in [0, 0.05) is 38.9 Å². The Morgan fingerprint density at radius 1 is 1.55 bits per heavy atom. The van der Waals surface area contributed by atoms with Gasteiger partial charge in [-0.1, -0.05) is 0 Å². The Bertz CT molecular complexity index is 549. The minimum Gasteiger partial charge on any atom is -0.386 e. The van der Waals surface area contributed by atoms with Crippen molar-refractivity contribution in [2.75, 3.05) is 13.6 Å². The minimum atomic E-state index is -0.608. The third-order valence-electron chi connectivity index (χ3n) is 2.84. The average Bonchev–Trinajstić information content (AvgIpc) is 3.10. The van der Waals surface area contributed by atoms with Crippen LogP contribution in [0.5, 0.6) is 0 Å². The molecule has 0 aromatic carbocycles. The maximum Gasteiger partial charge on any atom is 0.191 e. The summed E-state index contributed by atoms with van der Waals surface area (Å²) < 4.78 is 1.67. The normalized spacial score (nSPS) is 13.2. The Morgan fingerprint density at radius 3 is 3.00 bits per heavy atom. The SMILES string of the molecule is CN=C(NCc1ccsc1)NCC(O)c1cnn(C)c1. The Labute approximate surface area is 122 Å². The Hall–Kier alpha value is -1.86. The molecule has 7 heteroatoms. The topological polar surface area (TPSA) is 74.5 Å². The van der Waals surface area contributed by atoms with Crippen molar-refractivity contribution in [2.24, 2.45) is 12.0 Å². The lowest BCUT2D eigenvalue weighted by Crippen LogP contribution is -2.38. The molecule has 0 bridgehead atoms. The molecule has 0 fully saturated rings. The molecule has 0 aliphatic heterocycles. The molecular formula is C13H19N5OS. The minimum absolute atomic E-state index is 0.384. The highest BCUT2D eigenvalue weighted by Crippen LogP contribution is 2.09. The molecule has 0 radical (unpaired) electrons. The van der Waals surface area contributed by atoms with E-state index >= 15 is 0 Å². The molecule has 2 heterocycles. The standard InChI is InChI=1S/C13H19N5OS/c1-14-13(15-5-10-3-4-20-9-10)16-7-12(19)11-6-17-18(2)8-11/h3-4,6,8-9,12,19H,5,7H2,1-2H3,(H2,14,15,16). The smallest absolute Gasteiger partial charge is 0.191 e. The van der Waals surface area contributed by atoms with Gasteiger partial charge in [0.25, 0.3) is 0 Å². The van der Waals surface area contributed by atoms with Crippen molar-refractivity contribution < 1.29 is 5.11 Å². The molecule has 0 amide bonds. The number of aliphatic imine (C=N–C) groups is 1. The molecule has 3 N–H and O–H groups in total. The molecule has 108 valence electrons. The number of aryl methyl sites for hydroxylation is 1. The first-order chi connectivity index (χ1) is 9.69. The number of nitrogens with zero attached hydrogens (tertiary/aromatic N) is 3. The molecule has 1 atom stereocenters. The van der Waals surface area contributed by atoms with Crippen LogP contribution in [0.2, 0.25) is 0 Å². The Morgan fingerprint density at radius 2 is 2.40 bits per heavy atom. The number of thiophene rings is 1. The summed E-state index contributed by atoms with van der Waals surface area (Å²) in [6.45, 7) is 1.10. The largest absolute Gasteiger partial charge is 0.386 e. The fourth-order valence-corrected chi connectivity index (χ4v) is 2.39. The summed E-state index contributed by atoms with van der Waals surface area (Å²) in [6.07, 6.45) is 2.85. The predicted octanol–water partition coefficient (Wildman–Crippen LogP) is 0.880. The van der Waals surface area contributed by atoms with Crippen molar-refractivity contribution in [1.29, 1.82) is 0 Å². The summed E-state index contributed by atoms with van der Waals surface area (Å²) in [5.74, 6) is 0.666. The second kappa shape index (κ2) is 7.06. The zero-order valence-electron chi connectivity index (χ0n) is 11.6. The summed E-state index contributed by atoms with van der Waals surface area (Å²) >= 11 is 1.67. The van der Waals surface area contributed by atoms with E-state index in [0.29, 0.717) is 19.0 Å². The number of aliphatic hydroxyl groups is 1. The van der Waals surface area contributed by atoms with E-state index in [1.165, 1.54) is 5.56 Å². The molecule has 0 aliphatic carbocycles. The van der Waals surface area contributed by atoms with Crippen LogP contribution < -0.4 is 10.6 Å². The molecule has 0 saturated heterocycles. The van der Waals surface area contributed by atoms with Crippen LogP contribution in [0.3, 0.4) is 0 Å². The van der Waals surface area contributed by atoms with Gasteiger partial charge in [0.2, 0.25) is 0 Å². The van der Waals surface area contributed by atoms with Crippen LogP contribution in [-0.2, 0) is 13.6 Å². The second-order valence-corrected chi connectivity index (χ2v) is 5.18. The van der Waals surface area contributed by atoms with Gasteiger partial charge in [-0.05, 0) is 22.4 Å². The molecule has 0 saturated carbocycles. The lowest BCUT2D eigenvalue weighted by Gasteiger charge is -2.14. The van der Waals surface area contributed by atoms with E-state index in [-0.39, 0.29) is 0 Å². The van der Waals surface area contributed by atoms with Gasteiger partial charge in [-0.3, -0.25) is 9.67 Å². The van der Waals surface area contributed by atoms with Crippen molar-refractivity contribution in [2.45, 2.75) is 12.6 Å². The van der Waals surface area contributed by atoms with Gasteiger partial charge < -0.3 is 15.7 Å². The third kappa shape index (κ3) is 4.07. The van der Waals surface area contributed by atoms with Crippen LogP contribution in [0, 0.1) is 0 Å². The molecule has 1 unspecified atom stereocenters. The van der Waals surface area contributed by atoms with Crippen LogP contribution in [0.25, 0.3) is 0 Å². The zero-order valence-corrected chi connectivity index (χ0v) is 12.4. The first kappa shape index (κ1) is 14.5. The maximum atomic E-state index is 10.0. The molecule has 20 heavy (non-hydrogen) atoms. The number of hydrogen-bond donors (Lipinski definition) is 3. The highest BCUT2D eigenvalue weighted by Gasteiger charge is 2.10.